The fourth-order valence-corrected chi connectivity index (χ4v) is 4.24. The summed E-state index contributed by atoms with van der Waals surface area (Å²) in [5.74, 6) is 2.01. The highest BCUT2D eigenvalue weighted by molar-refractivity contribution is 5.76. The highest BCUT2D eigenvalue weighted by atomic mass is 16.5. The Kier molecular flexibility index (Phi) is 4.09. The van der Waals surface area contributed by atoms with Crippen molar-refractivity contribution in [2.24, 2.45) is 0 Å². The summed E-state index contributed by atoms with van der Waals surface area (Å²) in [5.41, 5.74) is -0.0589. The number of likely N-dealkylation sites (tertiary alicyclic amines) is 1. The van der Waals surface area contributed by atoms with Crippen molar-refractivity contribution in [3.63, 3.8) is 0 Å². The molecule has 4 rings (SSSR count). The summed E-state index contributed by atoms with van der Waals surface area (Å²) in [6.45, 7) is 2.03. The standard InChI is InChI=1S/C17H25N3O3/c21-15-6-8-17(7-3-11-22-17)9-10-20(15)12-14-18-16(23-19-14)13-4-1-2-5-13/h13H,1-12H2. The van der Waals surface area contributed by atoms with Gasteiger partial charge < -0.3 is 14.2 Å². The van der Waals surface area contributed by atoms with E-state index < -0.39 is 0 Å². The van der Waals surface area contributed by atoms with Gasteiger partial charge in [-0.3, -0.25) is 4.79 Å². The van der Waals surface area contributed by atoms with Gasteiger partial charge in [-0.2, -0.15) is 4.98 Å². The van der Waals surface area contributed by atoms with E-state index in [0.717, 1.165) is 57.6 Å². The van der Waals surface area contributed by atoms with Crippen LogP contribution in [-0.4, -0.2) is 39.7 Å². The molecule has 3 heterocycles. The van der Waals surface area contributed by atoms with Crippen LogP contribution in [0.5, 0.6) is 0 Å². The number of ether oxygens (including phenoxy) is 1. The number of carbonyl (C=O) groups is 1. The minimum absolute atomic E-state index is 0.0589. The van der Waals surface area contributed by atoms with E-state index >= 15 is 0 Å². The maximum atomic E-state index is 12.4. The van der Waals surface area contributed by atoms with E-state index in [1.54, 1.807) is 0 Å². The average Bonchev–Trinajstić information content (AvgIpc) is 3.28. The zero-order valence-electron chi connectivity index (χ0n) is 13.6. The first-order valence-corrected chi connectivity index (χ1v) is 8.98. The Bertz CT molecular complexity index is 559. The molecule has 1 aliphatic carbocycles. The summed E-state index contributed by atoms with van der Waals surface area (Å²) in [6, 6.07) is 0. The van der Waals surface area contributed by atoms with Crippen molar-refractivity contribution in [1.29, 1.82) is 0 Å². The minimum Gasteiger partial charge on any atom is -0.375 e. The third-order valence-electron chi connectivity index (χ3n) is 5.69. The lowest BCUT2D eigenvalue weighted by Gasteiger charge is -2.26. The molecular formula is C17H25N3O3. The summed E-state index contributed by atoms with van der Waals surface area (Å²) in [7, 11) is 0. The monoisotopic (exact) mass is 319 g/mol. The molecule has 1 spiro atoms. The molecule has 6 heteroatoms. The average molecular weight is 319 g/mol. The number of carbonyl (C=O) groups excluding carboxylic acids is 1. The molecule has 23 heavy (non-hydrogen) atoms. The van der Waals surface area contributed by atoms with E-state index in [-0.39, 0.29) is 11.5 Å². The molecule has 1 aromatic rings. The van der Waals surface area contributed by atoms with Crippen LogP contribution in [-0.2, 0) is 16.1 Å². The normalized spacial score (nSPS) is 29.6. The molecule has 1 amide bonds. The Hall–Kier alpha value is -1.43. The van der Waals surface area contributed by atoms with Crippen LogP contribution >= 0.6 is 0 Å². The van der Waals surface area contributed by atoms with Crippen molar-refractivity contribution >= 4 is 5.91 Å². The van der Waals surface area contributed by atoms with Gasteiger partial charge in [-0.25, -0.2) is 0 Å². The molecule has 3 fully saturated rings. The summed E-state index contributed by atoms with van der Waals surface area (Å²) in [5, 5.41) is 4.10. The molecule has 0 N–H and O–H groups in total. The molecule has 3 aliphatic rings. The molecule has 1 aromatic heterocycles. The summed E-state index contributed by atoms with van der Waals surface area (Å²) in [6.07, 6.45) is 9.31. The van der Waals surface area contributed by atoms with E-state index in [9.17, 15) is 4.79 Å². The van der Waals surface area contributed by atoms with Gasteiger partial charge in [0, 0.05) is 25.5 Å². The molecule has 0 radical (unpaired) electrons. The Morgan fingerprint density at radius 3 is 2.83 bits per heavy atom. The predicted molar refractivity (Wildman–Crippen MR) is 82.7 cm³/mol. The van der Waals surface area contributed by atoms with Gasteiger partial charge >= 0.3 is 0 Å². The molecule has 2 aliphatic heterocycles. The summed E-state index contributed by atoms with van der Waals surface area (Å²) < 4.78 is 11.4. The Labute approximate surface area is 136 Å². The highest BCUT2D eigenvalue weighted by Crippen LogP contribution is 2.36. The summed E-state index contributed by atoms with van der Waals surface area (Å²) >= 11 is 0. The van der Waals surface area contributed by atoms with Crippen LogP contribution < -0.4 is 0 Å². The third-order valence-corrected chi connectivity index (χ3v) is 5.69. The minimum atomic E-state index is -0.0589. The second-order valence-corrected chi connectivity index (χ2v) is 7.23. The SMILES string of the molecule is O=C1CCC2(CCCO2)CCN1Cc1noc(C2CCCC2)n1. The summed E-state index contributed by atoms with van der Waals surface area (Å²) in [4.78, 5) is 18.8. The van der Waals surface area contributed by atoms with Crippen molar-refractivity contribution in [3.05, 3.63) is 11.7 Å². The van der Waals surface area contributed by atoms with Crippen LogP contribution in [0.3, 0.4) is 0 Å². The number of hydrogen-bond donors (Lipinski definition) is 0. The van der Waals surface area contributed by atoms with Gasteiger partial charge in [0.2, 0.25) is 11.8 Å². The quantitative estimate of drug-likeness (QED) is 0.857. The molecule has 1 atom stereocenters. The molecule has 6 nitrogen and oxygen atoms in total. The zero-order chi connectivity index (χ0) is 15.7. The van der Waals surface area contributed by atoms with E-state index in [1.165, 1.54) is 12.8 Å². The van der Waals surface area contributed by atoms with E-state index in [1.807, 2.05) is 4.90 Å². The largest absolute Gasteiger partial charge is 0.375 e. The lowest BCUT2D eigenvalue weighted by Crippen LogP contribution is -2.32. The lowest BCUT2D eigenvalue weighted by atomic mass is 9.92. The molecule has 2 saturated heterocycles. The van der Waals surface area contributed by atoms with Crippen molar-refractivity contribution < 1.29 is 14.1 Å². The third kappa shape index (κ3) is 3.13. The van der Waals surface area contributed by atoms with Gasteiger partial charge in [0.15, 0.2) is 5.82 Å². The lowest BCUT2D eigenvalue weighted by molar-refractivity contribution is -0.131. The number of nitrogens with zero attached hydrogens (tertiary/aromatic N) is 3. The second kappa shape index (κ2) is 6.23. The first kappa shape index (κ1) is 15.1. The first-order valence-electron chi connectivity index (χ1n) is 8.98. The topological polar surface area (TPSA) is 68.5 Å². The van der Waals surface area contributed by atoms with Gasteiger partial charge in [-0.05, 0) is 38.5 Å². The van der Waals surface area contributed by atoms with Crippen LogP contribution in [0.25, 0.3) is 0 Å². The fraction of sp³-hybridized carbons (Fsp3) is 0.824. The maximum absolute atomic E-state index is 12.4. The van der Waals surface area contributed by atoms with Crippen molar-refractivity contribution in [2.75, 3.05) is 13.2 Å². The van der Waals surface area contributed by atoms with Gasteiger partial charge in [0.1, 0.15) is 0 Å². The van der Waals surface area contributed by atoms with Gasteiger partial charge in [0.05, 0.1) is 12.1 Å². The molecule has 1 saturated carbocycles. The first-order chi connectivity index (χ1) is 11.2. The molecular weight excluding hydrogens is 294 g/mol. The van der Waals surface area contributed by atoms with E-state index in [2.05, 4.69) is 10.1 Å². The van der Waals surface area contributed by atoms with Crippen molar-refractivity contribution in [3.8, 4) is 0 Å². The molecule has 126 valence electrons. The Morgan fingerprint density at radius 2 is 2.04 bits per heavy atom. The Balaban J connectivity index is 1.40. The van der Waals surface area contributed by atoms with Crippen LogP contribution in [0, 0.1) is 0 Å². The van der Waals surface area contributed by atoms with Crippen LogP contribution in [0.4, 0.5) is 0 Å². The number of amides is 1. The molecule has 1 unspecified atom stereocenters. The van der Waals surface area contributed by atoms with Gasteiger partial charge in [0.25, 0.3) is 0 Å². The molecule has 0 bridgehead atoms. The maximum Gasteiger partial charge on any atom is 0.229 e. The number of aromatic nitrogens is 2. The van der Waals surface area contributed by atoms with Gasteiger partial charge in [-0.15, -0.1) is 0 Å². The van der Waals surface area contributed by atoms with Crippen LogP contribution in [0.1, 0.15) is 75.4 Å². The number of rotatable bonds is 3. The Morgan fingerprint density at radius 1 is 1.17 bits per heavy atom. The second-order valence-electron chi connectivity index (χ2n) is 7.23. The van der Waals surface area contributed by atoms with E-state index in [0.29, 0.717) is 24.7 Å². The molecule has 0 aromatic carbocycles. The van der Waals surface area contributed by atoms with Crippen molar-refractivity contribution in [1.82, 2.24) is 15.0 Å². The zero-order valence-corrected chi connectivity index (χ0v) is 13.6. The predicted octanol–water partition coefficient (Wildman–Crippen LogP) is 2.79. The van der Waals surface area contributed by atoms with Crippen molar-refractivity contribution in [2.45, 2.75) is 75.9 Å². The van der Waals surface area contributed by atoms with Crippen LogP contribution in [0.2, 0.25) is 0 Å². The van der Waals surface area contributed by atoms with Gasteiger partial charge in [-0.1, -0.05) is 18.0 Å². The number of hydrogen-bond acceptors (Lipinski definition) is 5. The highest BCUT2D eigenvalue weighted by Gasteiger charge is 2.38. The van der Waals surface area contributed by atoms with Crippen LogP contribution in [0.15, 0.2) is 4.52 Å². The smallest absolute Gasteiger partial charge is 0.229 e. The van der Waals surface area contributed by atoms with E-state index in [4.69, 9.17) is 9.26 Å². The fourth-order valence-electron chi connectivity index (χ4n) is 4.24.